The lowest BCUT2D eigenvalue weighted by molar-refractivity contribution is 0.0476. The molecule has 9 heteroatoms. The number of H-pyrrole nitrogens is 1. The zero-order valence-corrected chi connectivity index (χ0v) is 15.5. The second kappa shape index (κ2) is 7.55. The summed E-state index contributed by atoms with van der Waals surface area (Å²) in [6.07, 6.45) is 2.19. The Labute approximate surface area is 159 Å². The summed E-state index contributed by atoms with van der Waals surface area (Å²) < 4.78 is 8.00. The third-order valence-electron chi connectivity index (χ3n) is 4.42. The van der Waals surface area contributed by atoms with Crippen LogP contribution >= 0.6 is 0 Å². The number of nitrogen functional groups attached to an aromatic ring is 1. The van der Waals surface area contributed by atoms with Crippen LogP contribution in [0.2, 0.25) is 0 Å². The molecule has 0 bridgehead atoms. The third kappa shape index (κ3) is 3.34. The van der Waals surface area contributed by atoms with Gasteiger partial charge in [0.1, 0.15) is 11.4 Å². The fourth-order valence-corrected chi connectivity index (χ4v) is 3.09. The summed E-state index contributed by atoms with van der Waals surface area (Å²) in [5.41, 5.74) is 5.02. The van der Waals surface area contributed by atoms with Gasteiger partial charge in [0.2, 0.25) is 5.78 Å². The maximum atomic E-state index is 12.5. The molecule has 0 amide bonds. The zero-order chi connectivity index (χ0) is 20.4. The molecule has 146 valence electrons. The highest BCUT2D eigenvalue weighted by Crippen LogP contribution is 2.21. The Bertz CT molecular complexity index is 1190. The lowest BCUT2D eigenvalue weighted by atomic mass is 10.2. The molecule has 0 radical (unpaired) electrons. The van der Waals surface area contributed by atoms with Crippen LogP contribution in [-0.2, 0) is 18.3 Å². The van der Waals surface area contributed by atoms with Gasteiger partial charge in [0.25, 0.3) is 5.56 Å². The van der Waals surface area contributed by atoms with Crippen LogP contribution in [0.25, 0.3) is 10.9 Å². The molecule has 0 unspecified atom stereocenters. The summed E-state index contributed by atoms with van der Waals surface area (Å²) in [7, 11) is 1.79. The largest absolute Gasteiger partial charge is 0.454 e. The molecule has 3 N–H and O–H groups in total. The lowest BCUT2D eigenvalue weighted by Gasteiger charge is -2.11. The second-order valence-electron chi connectivity index (χ2n) is 6.34. The molecule has 3 aromatic rings. The van der Waals surface area contributed by atoms with Crippen molar-refractivity contribution in [3.05, 3.63) is 62.4 Å². The maximum absolute atomic E-state index is 12.5. The van der Waals surface area contributed by atoms with Crippen molar-refractivity contribution in [2.45, 2.75) is 19.9 Å². The molecule has 28 heavy (non-hydrogen) atoms. The Morgan fingerprint density at radius 3 is 2.64 bits per heavy atom. The van der Waals surface area contributed by atoms with Gasteiger partial charge in [-0.15, -0.1) is 0 Å². The molecule has 0 fully saturated rings. The highest BCUT2D eigenvalue weighted by molar-refractivity contribution is 6.06. The van der Waals surface area contributed by atoms with Crippen LogP contribution in [0.4, 0.5) is 5.82 Å². The molecule has 0 saturated carbocycles. The van der Waals surface area contributed by atoms with E-state index in [1.807, 2.05) is 19.1 Å². The molecular weight excluding hydrogens is 364 g/mol. The number of aromatic nitrogens is 3. The highest BCUT2D eigenvalue weighted by Gasteiger charge is 2.22. The number of aryl methyl sites for hydroxylation is 1. The fraction of sp³-hybridized carbons (Fsp3) is 0.263. The number of carbonyl (C=O) groups excluding carboxylic acids is 2. The maximum Gasteiger partial charge on any atom is 0.340 e. The first-order chi connectivity index (χ1) is 13.3. The number of rotatable bonds is 6. The second-order valence-corrected chi connectivity index (χ2v) is 6.34. The van der Waals surface area contributed by atoms with E-state index in [0.717, 1.165) is 10.1 Å². The van der Waals surface area contributed by atoms with Gasteiger partial charge < -0.3 is 15.0 Å². The summed E-state index contributed by atoms with van der Waals surface area (Å²) in [6, 6.07) is 7.27. The number of fused-ring (bicyclic) bond motifs is 1. The smallest absolute Gasteiger partial charge is 0.340 e. The number of para-hydroxylation sites is 1. The van der Waals surface area contributed by atoms with Crippen molar-refractivity contribution in [2.24, 2.45) is 7.05 Å². The normalized spacial score (nSPS) is 10.9. The summed E-state index contributed by atoms with van der Waals surface area (Å²) in [5.74, 6) is -1.71. The number of benzene rings is 1. The van der Waals surface area contributed by atoms with Crippen LogP contribution in [0.1, 0.15) is 34.1 Å². The van der Waals surface area contributed by atoms with Crippen molar-refractivity contribution in [1.82, 2.24) is 14.1 Å². The quantitative estimate of drug-likeness (QED) is 0.483. The molecule has 0 atom stereocenters. The summed E-state index contributed by atoms with van der Waals surface area (Å²) >= 11 is 0. The average Bonchev–Trinajstić information content (AvgIpc) is 3.00. The summed E-state index contributed by atoms with van der Waals surface area (Å²) in [4.78, 5) is 50.8. The molecule has 0 aliphatic rings. The van der Waals surface area contributed by atoms with Gasteiger partial charge in [0.15, 0.2) is 6.61 Å². The van der Waals surface area contributed by atoms with Gasteiger partial charge in [0.05, 0.1) is 5.56 Å². The SMILES string of the molecule is CCCn1c(N)c(C(=O)COC(=O)c2cn(C)c3ccccc23)c(=O)[nH]c1=O. The number of hydrogen-bond donors (Lipinski definition) is 2. The summed E-state index contributed by atoms with van der Waals surface area (Å²) in [6.45, 7) is 1.40. The average molecular weight is 384 g/mol. The third-order valence-corrected chi connectivity index (χ3v) is 4.42. The molecular formula is C19H20N4O5. The Hall–Kier alpha value is -3.62. The minimum atomic E-state index is -0.902. The number of hydrogen-bond acceptors (Lipinski definition) is 6. The Balaban J connectivity index is 1.84. The number of nitrogens with zero attached hydrogens (tertiary/aromatic N) is 2. The van der Waals surface area contributed by atoms with E-state index in [4.69, 9.17) is 10.5 Å². The van der Waals surface area contributed by atoms with E-state index >= 15 is 0 Å². The van der Waals surface area contributed by atoms with E-state index in [2.05, 4.69) is 4.98 Å². The molecule has 0 spiro atoms. The predicted octanol–water partition coefficient (Wildman–Crippen LogP) is 1.06. The van der Waals surface area contributed by atoms with Gasteiger partial charge in [-0.1, -0.05) is 25.1 Å². The van der Waals surface area contributed by atoms with E-state index in [1.165, 1.54) is 0 Å². The minimum Gasteiger partial charge on any atom is -0.454 e. The van der Waals surface area contributed by atoms with Crippen molar-refractivity contribution >= 4 is 28.5 Å². The molecule has 2 aromatic heterocycles. The zero-order valence-electron chi connectivity index (χ0n) is 15.5. The first kappa shape index (κ1) is 19.2. The number of nitrogens with one attached hydrogen (secondary N) is 1. The van der Waals surface area contributed by atoms with Gasteiger partial charge in [0, 0.05) is 30.7 Å². The number of esters is 1. The fourth-order valence-electron chi connectivity index (χ4n) is 3.09. The number of aromatic amines is 1. The molecule has 3 rings (SSSR count). The van der Waals surface area contributed by atoms with Gasteiger partial charge in [-0.2, -0.15) is 0 Å². The van der Waals surface area contributed by atoms with E-state index < -0.39 is 35.2 Å². The predicted molar refractivity (Wildman–Crippen MR) is 104 cm³/mol. The number of Topliss-reactive ketones (excluding diaryl/α,β-unsaturated/α-hetero) is 1. The van der Waals surface area contributed by atoms with Crippen LogP contribution < -0.4 is 17.0 Å². The standard InChI is InChI=1S/C19H20N4O5/c1-3-8-23-16(20)15(17(25)21-19(23)27)14(24)10-28-18(26)12-9-22(2)13-7-5-4-6-11(12)13/h4-7,9H,3,8,10,20H2,1-2H3,(H,21,25,27). The molecule has 0 saturated heterocycles. The van der Waals surface area contributed by atoms with Gasteiger partial charge in [-0.3, -0.25) is 19.1 Å². The van der Waals surface area contributed by atoms with Crippen LogP contribution in [0.3, 0.4) is 0 Å². The molecule has 2 heterocycles. The van der Waals surface area contributed by atoms with Crippen molar-refractivity contribution in [3.63, 3.8) is 0 Å². The van der Waals surface area contributed by atoms with Crippen LogP contribution in [0.15, 0.2) is 40.1 Å². The van der Waals surface area contributed by atoms with Crippen molar-refractivity contribution in [2.75, 3.05) is 12.3 Å². The number of ether oxygens (including phenoxy) is 1. The number of ketones is 1. The monoisotopic (exact) mass is 384 g/mol. The highest BCUT2D eigenvalue weighted by atomic mass is 16.5. The Morgan fingerprint density at radius 1 is 1.21 bits per heavy atom. The van der Waals surface area contributed by atoms with Gasteiger partial charge in [-0.25, -0.2) is 9.59 Å². The minimum absolute atomic E-state index is 0.234. The van der Waals surface area contributed by atoms with E-state index in [0.29, 0.717) is 17.4 Å². The van der Waals surface area contributed by atoms with Crippen LogP contribution in [0, 0.1) is 0 Å². The molecule has 0 aliphatic carbocycles. The Morgan fingerprint density at radius 2 is 1.93 bits per heavy atom. The number of carbonyl (C=O) groups is 2. The molecule has 1 aromatic carbocycles. The summed E-state index contributed by atoms with van der Waals surface area (Å²) in [5, 5.41) is 0.691. The van der Waals surface area contributed by atoms with Crippen LogP contribution in [0.5, 0.6) is 0 Å². The topological polar surface area (TPSA) is 129 Å². The number of anilines is 1. The van der Waals surface area contributed by atoms with Crippen LogP contribution in [-0.4, -0.2) is 32.5 Å². The van der Waals surface area contributed by atoms with E-state index in [1.54, 1.807) is 29.9 Å². The number of nitrogens with two attached hydrogens (primary N) is 1. The van der Waals surface area contributed by atoms with Gasteiger partial charge >= 0.3 is 11.7 Å². The van der Waals surface area contributed by atoms with Crippen molar-refractivity contribution < 1.29 is 14.3 Å². The molecule has 0 aliphatic heterocycles. The van der Waals surface area contributed by atoms with E-state index in [-0.39, 0.29) is 12.4 Å². The van der Waals surface area contributed by atoms with E-state index in [9.17, 15) is 19.2 Å². The first-order valence-corrected chi connectivity index (χ1v) is 8.72. The van der Waals surface area contributed by atoms with Gasteiger partial charge in [-0.05, 0) is 12.5 Å². The van der Waals surface area contributed by atoms with Crippen molar-refractivity contribution in [1.29, 1.82) is 0 Å². The van der Waals surface area contributed by atoms with Crippen molar-refractivity contribution in [3.8, 4) is 0 Å². The lowest BCUT2D eigenvalue weighted by Crippen LogP contribution is -2.37. The molecule has 9 nitrogen and oxygen atoms in total. The first-order valence-electron chi connectivity index (χ1n) is 8.72. The Kier molecular flexibility index (Phi) is 5.16.